The second-order valence-corrected chi connectivity index (χ2v) is 15.1. The average Bonchev–Trinajstić information content (AvgIpc) is 3.91. The summed E-state index contributed by atoms with van der Waals surface area (Å²) in [6.45, 7) is 3.19. The summed E-state index contributed by atoms with van der Waals surface area (Å²) in [5.41, 5.74) is 8.03. The predicted octanol–water partition coefficient (Wildman–Crippen LogP) is 9.33. The highest BCUT2D eigenvalue weighted by atomic mass is 35.5. The minimum absolute atomic E-state index is 0.0537. The Bertz CT molecular complexity index is 2480. The van der Waals surface area contributed by atoms with E-state index < -0.39 is 6.09 Å². The molecule has 2 atom stereocenters. The zero-order valence-corrected chi connectivity index (χ0v) is 32.8. The number of benzene rings is 6. The molecule has 0 saturated heterocycles. The van der Waals surface area contributed by atoms with E-state index in [1.807, 2.05) is 79.7 Å². The molecule has 2 aliphatic heterocycles. The van der Waals surface area contributed by atoms with Gasteiger partial charge in [-0.05, 0) is 51.1 Å². The summed E-state index contributed by atoms with van der Waals surface area (Å²) in [5, 5.41) is 24.1. The lowest BCUT2D eigenvalue weighted by atomic mass is 9.95. The number of anilines is 2. The minimum Gasteiger partial charge on any atom is -0.507 e. The molecule has 0 fully saturated rings. The number of carbonyl (C=O) groups is 3. The van der Waals surface area contributed by atoms with Crippen LogP contribution in [-0.2, 0) is 14.3 Å². The molecular weight excluding hydrogens is 761 g/mol. The molecule has 3 amide bonds. The molecule has 1 aliphatic carbocycles. The lowest BCUT2D eigenvalue weighted by molar-refractivity contribution is -0.119. The van der Waals surface area contributed by atoms with E-state index in [0.29, 0.717) is 37.1 Å². The van der Waals surface area contributed by atoms with Gasteiger partial charge < -0.3 is 24.7 Å². The summed E-state index contributed by atoms with van der Waals surface area (Å²) in [7, 11) is 0. The van der Waals surface area contributed by atoms with Crippen molar-refractivity contribution in [1.82, 2.24) is 4.90 Å². The second kappa shape index (κ2) is 16.0. The highest BCUT2D eigenvalue weighted by molar-refractivity contribution is 6.19. The molecule has 2 N–H and O–H groups in total. The second-order valence-electron chi connectivity index (χ2n) is 14.5. The predicted molar refractivity (Wildman–Crippen MR) is 226 cm³/mol. The number of amides is 3. The first-order chi connectivity index (χ1) is 27.8. The molecule has 6 aromatic rings. The number of phenolic OH excluding ortho intramolecular Hbond substituents is 2. The molecule has 0 saturated carbocycles. The van der Waals surface area contributed by atoms with Crippen molar-refractivity contribution in [3.63, 3.8) is 0 Å². The van der Waals surface area contributed by atoms with Crippen LogP contribution >= 0.6 is 23.2 Å². The number of hydrogen-bond acceptors (Lipinski definition) is 6. The van der Waals surface area contributed by atoms with Gasteiger partial charge in [0, 0.05) is 72.1 Å². The van der Waals surface area contributed by atoms with E-state index in [0.717, 1.165) is 67.0 Å². The van der Waals surface area contributed by atoms with Crippen LogP contribution in [0.15, 0.2) is 109 Å². The van der Waals surface area contributed by atoms with Gasteiger partial charge in [0.15, 0.2) is 0 Å². The van der Waals surface area contributed by atoms with Crippen molar-refractivity contribution < 1.29 is 29.3 Å². The molecule has 2 unspecified atom stereocenters. The standard InChI is InChI=1S/C32H29ClN2O4.C14H12ClNO2/c1-2-34(32(38)39-19-27-23-11-5-3-9-21(23)22-10-4-6-12-24(22)27)18-30(37)35-17-20(16-33)31-26-14-8-7-13-25(26)29(36)15-28(31)35;15-6-9-7-16(8-17)12-5-13(18)10-3-1-2-4-11(10)14(9)12/h3-15,20,27,36H,2,16-19H2,1H3;1-5,8-9,18H,6-7H2. The number of rotatable bonds is 8. The van der Waals surface area contributed by atoms with Crippen LogP contribution in [0.5, 0.6) is 11.5 Å². The lowest BCUT2D eigenvalue weighted by Gasteiger charge is -2.25. The number of nitrogens with zero attached hydrogens (tertiary/aromatic N) is 3. The Balaban J connectivity index is 0.000000210. The van der Waals surface area contributed by atoms with Gasteiger partial charge in [-0.3, -0.25) is 14.5 Å². The summed E-state index contributed by atoms with van der Waals surface area (Å²) < 4.78 is 5.80. The Morgan fingerprint density at radius 2 is 1.23 bits per heavy atom. The number of ether oxygens (including phenoxy) is 1. The number of fused-ring (bicyclic) bond motifs is 9. The zero-order valence-electron chi connectivity index (χ0n) is 31.3. The van der Waals surface area contributed by atoms with E-state index in [9.17, 15) is 24.6 Å². The molecule has 290 valence electrons. The van der Waals surface area contributed by atoms with Crippen molar-refractivity contribution in [3.8, 4) is 22.6 Å². The number of aromatic hydroxyl groups is 2. The van der Waals surface area contributed by atoms with Crippen molar-refractivity contribution in [1.29, 1.82) is 0 Å². The number of carbonyl (C=O) groups excluding carboxylic acids is 3. The van der Waals surface area contributed by atoms with Gasteiger partial charge in [-0.2, -0.15) is 0 Å². The quantitative estimate of drug-likeness (QED) is 0.117. The Hall–Kier alpha value is -5.77. The van der Waals surface area contributed by atoms with Gasteiger partial charge in [-0.25, -0.2) is 4.79 Å². The maximum Gasteiger partial charge on any atom is 0.410 e. The first-order valence-electron chi connectivity index (χ1n) is 19.0. The van der Waals surface area contributed by atoms with Gasteiger partial charge in [0.25, 0.3) is 0 Å². The molecule has 3 aliphatic rings. The Labute approximate surface area is 340 Å². The Kier molecular flexibility index (Phi) is 10.7. The van der Waals surface area contributed by atoms with E-state index in [1.165, 1.54) is 4.90 Å². The number of hydrogen-bond donors (Lipinski definition) is 2. The summed E-state index contributed by atoms with van der Waals surface area (Å²) in [6, 6.07) is 34.9. The van der Waals surface area contributed by atoms with E-state index in [4.69, 9.17) is 27.9 Å². The van der Waals surface area contributed by atoms with Crippen LogP contribution in [0.1, 0.15) is 46.9 Å². The van der Waals surface area contributed by atoms with Crippen molar-refractivity contribution in [2.45, 2.75) is 24.7 Å². The van der Waals surface area contributed by atoms with Gasteiger partial charge >= 0.3 is 6.09 Å². The number of phenols is 2. The first kappa shape index (κ1) is 38.1. The van der Waals surface area contributed by atoms with Crippen molar-refractivity contribution in [2.75, 3.05) is 54.3 Å². The van der Waals surface area contributed by atoms with Crippen LogP contribution in [0.3, 0.4) is 0 Å². The van der Waals surface area contributed by atoms with Gasteiger partial charge in [-0.1, -0.05) is 97.1 Å². The summed E-state index contributed by atoms with van der Waals surface area (Å²) in [5.74, 6) is 0.878. The molecule has 9 rings (SSSR count). The molecule has 57 heavy (non-hydrogen) atoms. The van der Waals surface area contributed by atoms with Crippen LogP contribution < -0.4 is 9.80 Å². The average molecular weight is 803 g/mol. The third-order valence-corrected chi connectivity index (χ3v) is 12.2. The molecule has 0 spiro atoms. The summed E-state index contributed by atoms with van der Waals surface area (Å²) in [6.07, 6.45) is 0.266. The molecular formula is C46H41Cl2N3O6. The van der Waals surface area contributed by atoms with Crippen LogP contribution in [0.2, 0.25) is 0 Å². The van der Waals surface area contributed by atoms with Gasteiger partial charge in [0.05, 0.1) is 11.4 Å². The fourth-order valence-corrected chi connectivity index (χ4v) is 9.22. The molecule has 6 aromatic carbocycles. The van der Waals surface area contributed by atoms with E-state index >= 15 is 0 Å². The van der Waals surface area contributed by atoms with Gasteiger partial charge in [-0.15, -0.1) is 23.2 Å². The van der Waals surface area contributed by atoms with E-state index in [-0.39, 0.29) is 48.3 Å². The largest absolute Gasteiger partial charge is 0.507 e. The summed E-state index contributed by atoms with van der Waals surface area (Å²) >= 11 is 12.3. The van der Waals surface area contributed by atoms with Crippen LogP contribution in [-0.4, -0.2) is 78.1 Å². The third kappa shape index (κ3) is 6.78. The fraction of sp³-hybridized carbons (Fsp3) is 0.239. The Morgan fingerprint density at radius 1 is 0.737 bits per heavy atom. The monoisotopic (exact) mass is 801 g/mol. The van der Waals surface area contributed by atoms with Crippen LogP contribution in [0, 0.1) is 0 Å². The van der Waals surface area contributed by atoms with Crippen LogP contribution in [0.4, 0.5) is 16.2 Å². The molecule has 0 aromatic heterocycles. The topological polar surface area (TPSA) is 111 Å². The molecule has 11 heteroatoms. The zero-order chi connectivity index (χ0) is 39.8. The van der Waals surface area contributed by atoms with E-state index in [1.54, 1.807) is 21.9 Å². The smallest absolute Gasteiger partial charge is 0.410 e. The van der Waals surface area contributed by atoms with Gasteiger partial charge in [0.2, 0.25) is 12.3 Å². The number of halogens is 2. The molecule has 0 radical (unpaired) electrons. The molecule has 0 bridgehead atoms. The Morgan fingerprint density at radius 3 is 1.77 bits per heavy atom. The highest BCUT2D eigenvalue weighted by Gasteiger charge is 2.36. The van der Waals surface area contributed by atoms with E-state index in [2.05, 4.69) is 24.3 Å². The fourth-order valence-electron chi connectivity index (χ4n) is 8.71. The van der Waals surface area contributed by atoms with Crippen molar-refractivity contribution >= 4 is 74.5 Å². The van der Waals surface area contributed by atoms with Crippen molar-refractivity contribution in [2.24, 2.45) is 0 Å². The number of likely N-dealkylation sites (N-methyl/N-ethyl adjacent to an activating group) is 1. The molecule has 2 heterocycles. The molecule has 9 nitrogen and oxygen atoms in total. The van der Waals surface area contributed by atoms with Crippen molar-refractivity contribution in [3.05, 3.63) is 131 Å². The normalized spacial score (nSPS) is 16.4. The number of alkyl halides is 2. The summed E-state index contributed by atoms with van der Waals surface area (Å²) in [4.78, 5) is 42.4. The first-order valence-corrected chi connectivity index (χ1v) is 20.1. The SMILES string of the molecule is CCN(CC(=O)N1CC(CCl)c2c1cc(O)c1ccccc21)C(=O)OCC1c2ccccc2-c2ccccc21.O=CN1CC(CCl)c2c1cc(O)c1ccccc21. The third-order valence-electron chi connectivity index (χ3n) is 11.4. The maximum atomic E-state index is 13.5. The van der Waals surface area contributed by atoms with Gasteiger partial charge in [0.1, 0.15) is 24.7 Å². The lowest BCUT2D eigenvalue weighted by Crippen LogP contribution is -2.43. The minimum atomic E-state index is -0.526. The maximum absolute atomic E-state index is 13.5. The highest BCUT2D eigenvalue weighted by Crippen LogP contribution is 2.47. The van der Waals surface area contributed by atoms with Crippen LogP contribution in [0.25, 0.3) is 32.7 Å².